The molecule has 7 heteroatoms. The smallest absolute Gasteiger partial charge is 0.177 e. The van der Waals surface area contributed by atoms with Crippen LogP contribution in [0.4, 0.5) is 5.69 Å². The average Bonchev–Trinajstić information content (AvgIpc) is 3.68. The van der Waals surface area contributed by atoms with Gasteiger partial charge in [-0.05, 0) is 56.4 Å². The molecule has 4 aliphatic rings. The number of ether oxygens (including phenoxy) is 3. The summed E-state index contributed by atoms with van der Waals surface area (Å²) in [5.74, 6) is 7.27. The zero-order chi connectivity index (χ0) is 21.8. The maximum Gasteiger partial charge on any atom is 0.177 e. The van der Waals surface area contributed by atoms with Crippen LogP contribution in [0.15, 0.2) is 24.4 Å². The van der Waals surface area contributed by atoms with Crippen LogP contribution < -0.4 is 4.90 Å². The molecule has 2 aliphatic heterocycles. The third kappa shape index (κ3) is 3.71. The van der Waals surface area contributed by atoms with Crippen LogP contribution in [0.1, 0.15) is 42.5 Å². The van der Waals surface area contributed by atoms with Crippen molar-refractivity contribution in [2.75, 3.05) is 38.4 Å². The molecule has 2 aromatic rings. The fourth-order valence-electron chi connectivity index (χ4n) is 4.52. The minimum atomic E-state index is -0.323. The number of rotatable bonds is 5. The molecule has 0 N–H and O–H groups in total. The molecule has 3 heterocycles. The van der Waals surface area contributed by atoms with Gasteiger partial charge in [-0.25, -0.2) is 4.68 Å². The van der Waals surface area contributed by atoms with E-state index in [0.717, 1.165) is 30.2 Å². The van der Waals surface area contributed by atoms with Gasteiger partial charge in [0.05, 0.1) is 39.2 Å². The Bertz CT molecular complexity index is 1060. The molecule has 6 rings (SSSR count). The molecule has 2 saturated carbocycles. The zero-order valence-corrected chi connectivity index (χ0v) is 18.8. The fraction of sp³-hybridized carbons (Fsp3) is 0.600. The van der Waals surface area contributed by atoms with Crippen molar-refractivity contribution in [1.29, 1.82) is 0 Å². The van der Waals surface area contributed by atoms with Crippen LogP contribution in [0.2, 0.25) is 0 Å². The second kappa shape index (κ2) is 7.58. The molecule has 2 aliphatic carbocycles. The van der Waals surface area contributed by atoms with Crippen molar-refractivity contribution < 1.29 is 14.2 Å². The lowest BCUT2D eigenvalue weighted by Crippen LogP contribution is -2.59. The summed E-state index contributed by atoms with van der Waals surface area (Å²) in [5, 5.41) is 8.90. The fourth-order valence-corrected chi connectivity index (χ4v) is 4.52. The van der Waals surface area contributed by atoms with Crippen LogP contribution >= 0.6 is 0 Å². The maximum atomic E-state index is 5.92. The van der Waals surface area contributed by atoms with Crippen LogP contribution in [0, 0.1) is 30.1 Å². The molecule has 0 amide bonds. The molecule has 1 aromatic carbocycles. The number of hydrogen-bond donors (Lipinski definition) is 0. The van der Waals surface area contributed by atoms with Gasteiger partial charge in [-0.3, -0.25) is 0 Å². The van der Waals surface area contributed by atoms with Gasteiger partial charge in [0.15, 0.2) is 6.29 Å². The monoisotopic (exact) mass is 434 g/mol. The van der Waals surface area contributed by atoms with Crippen molar-refractivity contribution in [1.82, 2.24) is 15.0 Å². The number of aryl methyl sites for hydroxylation is 1. The molecule has 0 bridgehead atoms. The SMILES string of the molecule is Cc1cc(C#CC2CC2)ccc1N(C)C1(c2cn(CC3OCC4(CC4)CO3)nn2)COC1. The maximum absolute atomic E-state index is 5.92. The quantitative estimate of drug-likeness (QED) is 0.675. The molecule has 0 radical (unpaired) electrons. The highest BCUT2D eigenvalue weighted by molar-refractivity contribution is 5.59. The van der Waals surface area contributed by atoms with E-state index in [4.69, 9.17) is 14.2 Å². The lowest BCUT2D eigenvalue weighted by atomic mass is 9.90. The van der Waals surface area contributed by atoms with E-state index >= 15 is 0 Å². The number of hydrogen-bond acceptors (Lipinski definition) is 6. The lowest BCUT2D eigenvalue weighted by Gasteiger charge is -2.48. The summed E-state index contributed by atoms with van der Waals surface area (Å²) in [6.07, 6.45) is 6.68. The highest BCUT2D eigenvalue weighted by atomic mass is 16.7. The molecular formula is C25H30N4O3. The number of aromatic nitrogens is 3. The number of benzene rings is 1. The Hall–Kier alpha value is -2.40. The summed E-state index contributed by atoms with van der Waals surface area (Å²) in [5.41, 5.74) is 4.34. The van der Waals surface area contributed by atoms with Crippen LogP contribution in [-0.4, -0.2) is 54.8 Å². The highest BCUT2D eigenvalue weighted by Crippen LogP contribution is 2.48. The summed E-state index contributed by atoms with van der Waals surface area (Å²) in [6, 6.07) is 6.45. The summed E-state index contributed by atoms with van der Waals surface area (Å²) >= 11 is 0. The van der Waals surface area contributed by atoms with Gasteiger partial charge in [-0.15, -0.1) is 5.10 Å². The van der Waals surface area contributed by atoms with Crippen LogP contribution in [0.5, 0.6) is 0 Å². The first-order chi connectivity index (χ1) is 15.6. The summed E-state index contributed by atoms with van der Waals surface area (Å²) in [6.45, 7) is 5.45. The topological polar surface area (TPSA) is 61.6 Å². The van der Waals surface area contributed by atoms with Gasteiger partial charge in [0.25, 0.3) is 0 Å². The largest absolute Gasteiger partial charge is 0.376 e. The van der Waals surface area contributed by atoms with Crippen LogP contribution in [0.3, 0.4) is 0 Å². The Morgan fingerprint density at radius 3 is 2.56 bits per heavy atom. The van der Waals surface area contributed by atoms with Gasteiger partial charge in [-0.2, -0.15) is 0 Å². The van der Waals surface area contributed by atoms with Crippen molar-refractivity contribution in [3.05, 3.63) is 41.2 Å². The zero-order valence-electron chi connectivity index (χ0n) is 18.8. The van der Waals surface area contributed by atoms with E-state index in [9.17, 15) is 0 Å². The molecule has 168 valence electrons. The number of likely N-dealkylation sites (N-methyl/N-ethyl adjacent to an activating group) is 1. The third-order valence-electron chi connectivity index (χ3n) is 7.34. The molecule has 2 saturated heterocycles. The van der Waals surface area contributed by atoms with Crippen LogP contribution in [0.25, 0.3) is 0 Å². The second-order valence-electron chi connectivity index (χ2n) is 10.0. The Kier molecular flexibility index (Phi) is 4.79. The van der Waals surface area contributed by atoms with Crippen molar-refractivity contribution >= 4 is 5.69 Å². The lowest BCUT2D eigenvalue weighted by molar-refractivity contribution is -0.213. The first-order valence-corrected chi connectivity index (χ1v) is 11.6. The predicted molar refractivity (Wildman–Crippen MR) is 119 cm³/mol. The first kappa shape index (κ1) is 20.2. The molecular weight excluding hydrogens is 404 g/mol. The van der Waals surface area contributed by atoms with E-state index in [1.807, 2.05) is 10.9 Å². The van der Waals surface area contributed by atoms with Crippen molar-refractivity contribution in [2.45, 2.75) is 51.0 Å². The Morgan fingerprint density at radius 1 is 1.16 bits per heavy atom. The van der Waals surface area contributed by atoms with Gasteiger partial charge in [0, 0.05) is 29.6 Å². The average molecular weight is 435 g/mol. The van der Waals surface area contributed by atoms with E-state index in [-0.39, 0.29) is 11.8 Å². The summed E-state index contributed by atoms with van der Waals surface area (Å²) in [7, 11) is 2.11. The molecule has 0 atom stereocenters. The van der Waals surface area contributed by atoms with Gasteiger partial charge in [0.1, 0.15) is 11.2 Å². The van der Waals surface area contributed by atoms with Crippen molar-refractivity contribution in [2.24, 2.45) is 11.3 Å². The summed E-state index contributed by atoms with van der Waals surface area (Å²) < 4.78 is 19.3. The van der Waals surface area contributed by atoms with E-state index < -0.39 is 0 Å². The van der Waals surface area contributed by atoms with Crippen molar-refractivity contribution in [3.8, 4) is 11.8 Å². The van der Waals surface area contributed by atoms with E-state index in [1.165, 1.54) is 31.2 Å². The predicted octanol–water partition coefficient (Wildman–Crippen LogP) is 2.86. The summed E-state index contributed by atoms with van der Waals surface area (Å²) in [4.78, 5) is 2.28. The van der Waals surface area contributed by atoms with E-state index in [0.29, 0.717) is 31.1 Å². The number of nitrogens with zero attached hydrogens (tertiary/aromatic N) is 4. The Morgan fingerprint density at radius 2 is 1.94 bits per heavy atom. The third-order valence-corrected chi connectivity index (χ3v) is 7.34. The molecule has 1 spiro atoms. The molecule has 7 nitrogen and oxygen atoms in total. The van der Waals surface area contributed by atoms with Crippen LogP contribution in [-0.2, 0) is 26.3 Å². The standard InChI is InChI=1S/C25H30N4O3/c1-18-11-20(6-5-19-3-4-19)7-8-21(18)28(2)25(16-30-17-25)22-12-29(27-26-22)13-23-31-14-24(9-10-24)15-32-23/h7-8,11-12,19,23H,3-4,9-10,13-17H2,1-2H3. The Balaban J connectivity index is 1.17. The molecule has 1 aromatic heterocycles. The van der Waals surface area contributed by atoms with E-state index in [2.05, 4.69) is 59.2 Å². The molecule has 0 unspecified atom stereocenters. The van der Waals surface area contributed by atoms with E-state index in [1.54, 1.807) is 0 Å². The van der Waals surface area contributed by atoms with Gasteiger partial charge in [-0.1, -0.05) is 17.1 Å². The van der Waals surface area contributed by atoms with Crippen molar-refractivity contribution in [3.63, 3.8) is 0 Å². The van der Waals surface area contributed by atoms with Gasteiger partial charge < -0.3 is 19.1 Å². The second-order valence-corrected chi connectivity index (χ2v) is 10.0. The highest BCUT2D eigenvalue weighted by Gasteiger charge is 2.48. The minimum Gasteiger partial charge on any atom is -0.376 e. The first-order valence-electron chi connectivity index (χ1n) is 11.6. The molecule has 32 heavy (non-hydrogen) atoms. The number of anilines is 1. The normalized spacial score (nSPS) is 23.3. The van der Waals surface area contributed by atoms with Gasteiger partial charge in [0.2, 0.25) is 0 Å². The van der Waals surface area contributed by atoms with Gasteiger partial charge >= 0.3 is 0 Å². The Labute approximate surface area is 189 Å². The molecule has 4 fully saturated rings. The minimum absolute atomic E-state index is 0.256.